The summed E-state index contributed by atoms with van der Waals surface area (Å²) in [6.07, 6.45) is 1.84. The van der Waals surface area contributed by atoms with Crippen molar-refractivity contribution in [3.8, 4) is 0 Å². The second-order valence-electron chi connectivity index (χ2n) is 6.90. The maximum absolute atomic E-state index is 13.1. The molecule has 1 saturated heterocycles. The molecule has 2 aromatic rings. The van der Waals surface area contributed by atoms with Crippen LogP contribution in [-0.2, 0) is 13.0 Å². The molecule has 0 aliphatic carbocycles. The van der Waals surface area contributed by atoms with E-state index in [0.717, 1.165) is 18.5 Å². The number of fused-ring (bicyclic) bond motifs is 1. The van der Waals surface area contributed by atoms with Gasteiger partial charge in [-0.05, 0) is 48.2 Å². The topological polar surface area (TPSA) is 52.7 Å². The lowest BCUT2D eigenvalue weighted by molar-refractivity contribution is 0.0635. The fraction of sp³-hybridized carbons (Fsp3) is 0.333. The Morgan fingerprint density at radius 3 is 2.50 bits per heavy atom. The van der Waals surface area contributed by atoms with Gasteiger partial charge in [0, 0.05) is 36.9 Å². The molecule has 0 saturated carbocycles. The molecule has 3 amide bonds. The van der Waals surface area contributed by atoms with E-state index < -0.39 is 0 Å². The van der Waals surface area contributed by atoms with Crippen LogP contribution in [0.3, 0.4) is 0 Å². The zero-order chi connectivity index (χ0) is 18.1. The first-order valence-electron chi connectivity index (χ1n) is 9.20. The molecule has 2 heterocycles. The average molecular weight is 349 g/mol. The molecule has 2 aliphatic rings. The third-order valence-corrected chi connectivity index (χ3v) is 5.37. The molecule has 134 valence electrons. The molecule has 2 aromatic carbocycles. The molecule has 5 nitrogen and oxygen atoms in total. The second kappa shape index (κ2) is 6.83. The van der Waals surface area contributed by atoms with Crippen molar-refractivity contribution in [2.75, 3.05) is 18.0 Å². The highest BCUT2D eigenvalue weighted by atomic mass is 16.2. The lowest BCUT2D eigenvalue weighted by Gasteiger charge is -2.36. The number of amides is 3. The van der Waals surface area contributed by atoms with Crippen LogP contribution in [0.1, 0.15) is 34.8 Å². The van der Waals surface area contributed by atoms with Crippen LogP contribution in [-0.4, -0.2) is 36.0 Å². The Morgan fingerprint density at radius 2 is 1.85 bits per heavy atom. The lowest BCUT2D eigenvalue weighted by Crippen LogP contribution is -2.44. The van der Waals surface area contributed by atoms with E-state index in [0.29, 0.717) is 25.2 Å². The van der Waals surface area contributed by atoms with E-state index in [2.05, 4.69) is 30.4 Å². The van der Waals surface area contributed by atoms with Gasteiger partial charge in [0.25, 0.3) is 5.91 Å². The van der Waals surface area contributed by atoms with Crippen LogP contribution < -0.4 is 10.2 Å². The van der Waals surface area contributed by atoms with Gasteiger partial charge in [-0.15, -0.1) is 0 Å². The Labute approximate surface area is 153 Å². The van der Waals surface area contributed by atoms with Crippen LogP contribution in [0.25, 0.3) is 0 Å². The van der Waals surface area contributed by atoms with Crippen molar-refractivity contribution in [3.05, 3.63) is 65.2 Å². The van der Waals surface area contributed by atoms with Gasteiger partial charge in [-0.3, -0.25) is 9.69 Å². The van der Waals surface area contributed by atoms with Crippen LogP contribution in [0.15, 0.2) is 48.5 Å². The zero-order valence-electron chi connectivity index (χ0n) is 14.9. The number of nitrogens with zero attached hydrogens (tertiary/aromatic N) is 2. The number of urea groups is 1. The molecule has 26 heavy (non-hydrogen) atoms. The summed E-state index contributed by atoms with van der Waals surface area (Å²) in [6.45, 7) is 4.11. The summed E-state index contributed by atoms with van der Waals surface area (Å²) in [5.41, 5.74) is 4.08. The van der Waals surface area contributed by atoms with Gasteiger partial charge in [0.05, 0.1) is 0 Å². The van der Waals surface area contributed by atoms with Crippen molar-refractivity contribution in [3.63, 3.8) is 0 Å². The van der Waals surface area contributed by atoms with Crippen LogP contribution in [0.5, 0.6) is 0 Å². The fourth-order valence-corrected chi connectivity index (χ4v) is 3.86. The Balaban J connectivity index is 1.56. The number of anilines is 1. The molecular weight excluding hydrogens is 326 g/mol. The van der Waals surface area contributed by atoms with Crippen molar-refractivity contribution in [1.29, 1.82) is 0 Å². The molecule has 0 aromatic heterocycles. The van der Waals surface area contributed by atoms with Crippen LogP contribution in [0.2, 0.25) is 0 Å². The minimum atomic E-state index is -0.0808. The molecule has 1 atom stereocenters. The summed E-state index contributed by atoms with van der Waals surface area (Å²) in [5.74, 6) is 0.0591. The number of rotatable bonds is 3. The number of hydrogen-bond donors (Lipinski definition) is 1. The SMILES string of the molecule is CCC1Cc2ccccc2CN1C(=O)c1ccc(N2CCNC2=O)cc1. The summed E-state index contributed by atoms with van der Waals surface area (Å²) in [5, 5.41) is 2.79. The average Bonchev–Trinajstić information content (AvgIpc) is 3.12. The largest absolute Gasteiger partial charge is 0.336 e. The Kier molecular flexibility index (Phi) is 4.37. The quantitative estimate of drug-likeness (QED) is 0.925. The maximum Gasteiger partial charge on any atom is 0.321 e. The maximum atomic E-state index is 13.1. The number of nitrogens with one attached hydrogen (secondary N) is 1. The molecule has 5 heteroatoms. The van der Waals surface area contributed by atoms with Gasteiger partial charge in [0.15, 0.2) is 0 Å². The second-order valence-corrected chi connectivity index (χ2v) is 6.90. The van der Waals surface area contributed by atoms with E-state index in [-0.39, 0.29) is 18.0 Å². The molecule has 1 N–H and O–H groups in total. The smallest absolute Gasteiger partial charge is 0.321 e. The van der Waals surface area contributed by atoms with Crippen molar-refractivity contribution in [2.45, 2.75) is 32.4 Å². The molecule has 1 fully saturated rings. The van der Waals surface area contributed by atoms with E-state index in [1.54, 1.807) is 4.90 Å². The first kappa shape index (κ1) is 16.6. The third-order valence-electron chi connectivity index (χ3n) is 5.37. The summed E-state index contributed by atoms with van der Waals surface area (Å²) in [4.78, 5) is 28.6. The van der Waals surface area contributed by atoms with E-state index in [1.807, 2.05) is 35.2 Å². The van der Waals surface area contributed by atoms with Gasteiger partial charge in [0.1, 0.15) is 0 Å². The van der Waals surface area contributed by atoms with E-state index in [4.69, 9.17) is 0 Å². The predicted octanol–water partition coefficient (Wildman–Crippen LogP) is 3.19. The minimum Gasteiger partial charge on any atom is -0.336 e. The van der Waals surface area contributed by atoms with Gasteiger partial charge in [-0.2, -0.15) is 0 Å². The monoisotopic (exact) mass is 349 g/mol. The normalized spacial score (nSPS) is 19.3. The number of benzene rings is 2. The van der Waals surface area contributed by atoms with Crippen molar-refractivity contribution >= 4 is 17.6 Å². The number of hydrogen-bond acceptors (Lipinski definition) is 2. The first-order valence-corrected chi connectivity index (χ1v) is 9.20. The minimum absolute atomic E-state index is 0.0591. The predicted molar refractivity (Wildman–Crippen MR) is 101 cm³/mol. The first-order chi connectivity index (χ1) is 12.7. The highest BCUT2D eigenvalue weighted by Crippen LogP contribution is 2.27. The summed E-state index contributed by atoms with van der Waals surface area (Å²) >= 11 is 0. The molecule has 4 rings (SSSR count). The van der Waals surface area contributed by atoms with Gasteiger partial charge < -0.3 is 10.2 Å². The van der Waals surface area contributed by atoms with E-state index in [9.17, 15) is 9.59 Å². The number of carbonyl (C=O) groups is 2. The molecule has 1 unspecified atom stereocenters. The zero-order valence-corrected chi connectivity index (χ0v) is 14.9. The molecule has 2 aliphatic heterocycles. The van der Waals surface area contributed by atoms with Gasteiger partial charge in [-0.1, -0.05) is 31.2 Å². The Bertz CT molecular complexity index is 831. The Morgan fingerprint density at radius 1 is 1.12 bits per heavy atom. The van der Waals surface area contributed by atoms with Gasteiger partial charge >= 0.3 is 6.03 Å². The van der Waals surface area contributed by atoms with Gasteiger partial charge in [0.2, 0.25) is 0 Å². The van der Waals surface area contributed by atoms with Gasteiger partial charge in [-0.25, -0.2) is 4.79 Å². The van der Waals surface area contributed by atoms with Crippen LogP contribution in [0.4, 0.5) is 10.5 Å². The Hall–Kier alpha value is -2.82. The van der Waals surface area contributed by atoms with Crippen LogP contribution in [0, 0.1) is 0 Å². The highest BCUT2D eigenvalue weighted by molar-refractivity contribution is 5.97. The summed E-state index contributed by atoms with van der Waals surface area (Å²) in [6, 6.07) is 15.9. The molecule has 0 spiro atoms. The fourth-order valence-electron chi connectivity index (χ4n) is 3.86. The van der Waals surface area contributed by atoms with E-state index >= 15 is 0 Å². The number of carbonyl (C=O) groups excluding carboxylic acids is 2. The molecular formula is C21H23N3O2. The van der Waals surface area contributed by atoms with Crippen molar-refractivity contribution in [1.82, 2.24) is 10.2 Å². The van der Waals surface area contributed by atoms with Crippen molar-refractivity contribution < 1.29 is 9.59 Å². The standard InChI is InChI=1S/C21H23N3O2/c1-2-18-13-16-5-3-4-6-17(16)14-24(18)20(25)15-7-9-19(10-8-15)23-12-11-22-21(23)26/h3-10,18H,2,11-14H2,1H3,(H,22,26). The summed E-state index contributed by atoms with van der Waals surface area (Å²) < 4.78 is 0. The highest BCUT2D eigenvalue weighted by Gasteiger charge is 2.29. The summed E-state index contributed by atoms with van der Waals surface area (Å²) in [7, 11) is 0. The van der Waals surface area contributed by atoms with Crippen LogP contribution >= 0.6 is 0 Å². The molecule has 0 radical (unpaired) electrons. The molecule has 0 bridgehead atoms. The van der Waals surface area contributed by atoms with E-state index in [1.165, 1.54) is 11.1 Å². The van der Waals surface area contributed by atoms with Crippen molar-refractivity contribution in [2.24, 2.45) is 0 Å². The third kappa shape index (κ3) is 2.94. The lowest BCUT2D eigenvalue weighted by atomic mass is 9.92.